The predicted octanol–water partition coefficient (Wildman–Crippen LogP) is 6.47. The Kier molecular flexibility index (Phi) is 6.59. The average molecular weight is 373 g/mol. The van der Waals surface area contributed by atoms with Crippen LogP contribution in [-0.4, -0.2) is 10.9 Å². The van der Waals surface area contributed by atoms with Crippen LogP contribution in [0, 0.1) is 5.41 Å². The third-order valence-corrected chi connectivity index (χ3v) is 5.19. The van der Waals surface area contributed by atoms with Crippen molar-refractivity contribution in [1.29, 1.82) is 0 Å². The van der Waals surface area contributed by atoms with Crippen LogP contribution < -0.4 is 5.32 Å². The lowest BCUT2D eigenvalue weighted by atomic mass is 9.80. The third-order valence-electron chi connectivity index (χ3n) is 5.19. The molecule has 0 aliphatic carbocycles. The molecule has 3 nitrogen and oxygen atoms in total. The average Bonchev–Trinajstić information content (AvgIpc) is 2.73. The van der Waals surface area contributed by atoms with Crippen LogP contribution in [0.5, 0.6) is 0 Å². The molecular formula is C25H28N2O. The minimum absolute atomic E-state index is 0.0526. The minimum atomic E-state index is -0.460. The molecule has 0 bridgehead atoms. The Labute approximate surface area is 167 Å². The van der Waals surface area contributed by atoms with Crippen LogP contribution >= 0.6 is 0 Å². The number of fused-ring (bicyclic) bond motifs is 1. The molecule has 144 valence electrons. The molecule has 1 aromatic heterocycles. The first-order valence-corrected chi connectivity index (χ1v) is 9.99. The van der Waals surface area contributed by atoms with Gasteiger partial charge in [-0.3, -0.25) is 9.78 Å². The topological polar surface area (TPSA) is 42.0 Å². The van der Waals surface area contributed by atoms with Gasteiger partial charge in [-0.15, -0.1) is 0 Å². The normalized spacial score (nSPS) is 13.5. The van der Waals surface area contributed by atoms with E-state index in [4.69, 9.17) is 0 Å². The molecule has 0 radical (unpaired) electrons. The van der Waals surface area contributed by atoms with Crippen LogP contribution in [0.4, 0.5) is 5.69 Å². The van der Waals surface area contributed by atoms with Crippen LogP contribution in [0.2, 0.25) is 0 Å². The summed E-state index contributed by atoms with van der Waals surface area (Å²) < 4.78 is 0. The molecule has 0 aliphatic heterocycles. The van der Waals surface area contributed by atoms with Crippen molar-refractivity contribution < 1.29 is 4.79 Å². The number of carbonyl (C=O) groups is 1. The highest BCUT2D eigenvalue weighted by atomic mass is 16.2. The van der Waals surface area contributed by atoms with E-state index in [2.05, 4.69) is 48.4 Å². The number of amides is 1. The monoisotopic (exact) mass is 372 g/mol. The van der Waals surface area contributed by atoms with Crippen molar-refractivity contribution in [3.63, 3.8) is 0 Å². The quantitative estimate of drug-likeness (QED) is 0.492. The van der Waals surface area contributed by atoms with E-state index < -0.39 is 5.41 Å². The SMILES string of the molecule is CCCCC(C)(C/C=C/c1ccccc1)C(=O)Nc1cccc2cccnc12. The number of para-hydroxylation sites is 1. The molecular weight excluding hydrogens is 344 g/mol. The fraction of sp³-hybridized carbons (Fsp3) is 0.280. The number of rotatable bonds is 8. The summed E-state index contributed by atoms with van der Waals surface area (Å²) in [6, 6.07) is 20.0. The molecule has 1 atom stereocenters. The van der Waals surface area contributed by atoms with Crippen molar-refractivity contribution >= 4 is 28.6 Å². The number of nitrogens with zero attached hydrogens (tertiary/aromatic N) is 1. The Morgan fingerprint density at radius 2 is 1.86 bits per heavy atom. The van der Waals surface area contributed by atoms with E-state index in [1.807, 2.05) is 48.5 Å². The van der Waals surface area contributed by atoms with Gasteiger partial charge in [0.15, 0.2) is 0 Å². The lowest BCUT2D eigenvalue weighted by Gasteiger charge is -2.27. The number of pyridine rings is 1. The number of hydrogen-bond acceptors (Lipinski definition) is 2. The standard InChI is InChI=1S/C25H28N2O/c1-3-4-17-25(2,18-9-13-20-11-6-5-7-12-20)24(28)27-22-16-8-14-21-15-10-19-26-23(21)22/h5-16,19H,3-4,17-18H2,1-2H3,(H,27,28)/b13-9+. The van der Waals surface area contributed by atoms with Crippen LogP contribution in [0.15, 0.2) is 72.9 Å². The van der Waals surface area contributed by atoms with E-state index in [9.17, 15) is 4.79 Å². The highest BCUT2D eigenvalue weighted by Gasteiger charge is 2.31. The molecule has 3 rings (SSSR count). The van der Waals surface area contributed by atoms with E-state index in [1.165, 1.54) is 0 Å². The van der Waals surface area contributed by atoms with E-state index >= 15 is 0 Å². The number of carbonyl (C=O) groups excluding carboxylic acids is 1. The van der Waals surface area contributed by atoms with E-state index in [0.717, 1.165) is 41.4 Å². The molecule has 0 aliphatic rings. The fourth-order valence-electron chi connectivity index (χ4n) is 3.37. The fourth-order valence-corrected chi connectivity index (χ4v) is 3.37. The summed E-state index contributed by atoms with van der Waals surface area (Å²) in [6.45, 7) is 4.22. The lowest BCUT2D eigenvalue weighted by molar-refractivity contribution is -0.125. The molecule has 28 heavy (non-hydrogen) atoms. The number of aromatic nitrogens is 1. The number of anilines is 1. The van der Waals surface area contributed by atoms with Gasteiger partial charge < -0.3 is 5.32 Å². The van der Waals surface area contributed by atoms with Gasteiger partial charge in [0.1, 0.15) is 0 Å². The minimum Gasteiger partial charge on any atom is -0.324 e. The summed E-state index contributed by atoms with van der Waals surface area (Å²) in [5, 5.41) is 4.18. The molecule has 1 unspecified atom stereocenters. The first-order chi connectivity index (χ1) is 13.6. The van der Waals surface area contributed by atoms with E-state index in [-0.39, 0.29) is 5.91 Å². The van der Waals surface area contributed by atoms with Gasteiger partial charge in [0.2, 0.25) is 5.91 Å². The smallest absolute Gasteiger partial charge is 0.230 e. The maximum absolute atomic E-state index is 13.3. The first-order valence-electron chi connectivity index (χ1n) is 9.99. The van der Waals surface area contributed by atoms with Crippen LogP contribution in [0.1, 0.15) is 45.1 Å². The third kappa shape index (κ3) is 4.86. The Hall–Kier alpha value is -2.94. The predicted molar refractivity (Wildman–Crippen MR) is 118 cm³/mol. The highest BCUT2D eigenvalue weighted by Crippen LogP contribution is 2.32. The highest BCUT2D eigenvalue weighted by molar-refractivity contribution is 6.02. The molecule has 0 saturated heterocycles. The van der Waals surface area contributed by atoms with Crippen LogP contribution in [0.25, 0.3) is 17.0 Å². The van der Waals surface area contributed by atoms with Crippen molar-refractivity contribution in [3.05, 3.63) is 78.5 Å². The largest absolute Gasteiger partial charge is 0.324 e. The maximum Gasteiger partial charge on any atom is 0.230 e. The van der Waals surface area contributed by atoms with Gasteiger partial charge in [0.05, 0.1) is 16.6 Å². The summed E-state index contributed by atoms with van der Waals surface area (Å²) in [7, 11) is 0. The van der Waals surface area contributed by atoms with Crippen LogP contribution in [-0.2, 0) is 4.79 Å². The lowest BCUT2D eigenvalue weighted by Crippen LogP contribution is -2.33. The second kappa shape index (κ2) is 9.32. The summed E-state index contributed by atoms with van der Waals surface area (Å²) in [5.41, 5.74) is 2.30. The van der Waals surface area contributed by atoms with Gasteiger partial charge in [-0.25, -0.2) is 0 Å². The van der Waals surface area contributed by atoms with E-state index in [1.54, 1.807) is 6.20 Å². The summed E-state index contributed by atoms with van der Waals surface area (Å²) in [5.74, 6) is 0.0526. The second-order valence-electron chi connectivity index (χ2n) is 7.52. The number of allylic oxidation sites excluding steroid dienone is 1. The van der Waals surface area contributed by atoms with Crippen LogP contribution in [0.3, 0.4) is 0 Å². The second-order valence-corrected chi connectivity index (χ2v) is 7.52. The van der Waals surface area contributed by atoms with Gasteiger partial charge in [-0.1, -0.05) is 87.4 Å². The Bertz CT molecular complexity index is 944. The van der Waals surface area contributed by atoms with Crippen molar-refractivity contribution in [1.82, 2.24) is 4.98 Å². The molecule has 1 N–H and O–H groups in total. The zero-order chi connectivity index (χ0) is 19.8. The zero-order valence-electron chi connectivity index (χ0n) is 16.7. The molecule has 0 spiro atoms. The number of benzene rings is 2. The molecule has 3 aromatic rings. The molecule has 0 fully saturated rings. The maximum atomic E-state index is 13.3. The van der Waals surface area contributed by atoms with Crippen molar-refractivity contribution in [2.24, 2.45) is 5.41 Å². The summed E-state index contributed by atoms with van der Waals surface area (Å²) in [6.07, 6.45) is 9.62. The van der Waals surface area contributed by atoms with Gasteiger partial charge in [0, 0.05) is 11.6 Å². The van der Waals surface area contributed by atoms with Gasteiger partial charge in [-0.2, -0.15) is 0 Å². The van der Waals surface area contributed by atoms with Gasteiger partial charge in [-0.05, 0) is 30.5 Å². The number of nitrogens with one attached hydrogen (secondary N) is 1. The Morgan fingerprint density at radius 3 is 2.64 bits per heavy atom. The molecule has 0 saturated carbocycles. The Morgan fingerprint density at radius 1 is 1.07 bits per heavy atom. The number of hydrogen-bond donors (Lipinski definition) is 1. The Balaban J connectivity index is 1.79. The first kappa shape index (κ1) is 19.8. The van der Waals surface area contributed by atoms with Crippen molar-refractivity contribution in [2.45, 2.75) is 39.5 Å². The van der Waals surface area contributed by atoms with Gasteiger partial charge in [0.25, 0.3) is 0 Å². The van der Waals surface area contributed by atoms with E-state index in [0.29, 0.717) is 6.42 Å². The molecule has 1 heterocycles. The van der Waals surface area contributed by atoms with Gasteiger partial charge >= 0.3 is 0 Å². The summed E-state index contributed by atoms with van der Waals surface area (Å²) in [4.78, 5) is 17.7. The molecule has 1 amide bonds. The number of unbranched alkanes of at least 4 members (excludes halogenated alkanes) is 1. The molecule has 3 heteroatoms. The summed E-state index contributed by atoms with van der Waals surface area (Å²) >= 11 is 0. The van der Waals surface area contributed by atoms with Crippen molar-refractivity contribution in [3.8, 4) is 0 Å². The molecule has 2 aromatic carbocycles. The zero-order valence-corrected chi connectivity index (χ0v) is 16.7. The van der Waals surface area contributed by atoms with Crippen molar-refractivity contribution in [2.75, 3.05) is 5.32 Å².